The van der Waals surface area contributed by atoms with Crippen LogP contribution in [-0.2, 0) is 33.2 Å². The number of hydrogen-bond donors (Lipinski definition) is 9. The van der Waals surface area contributed by atoms with Gasteiger partial charge in [0.15, 0.2) is 18.9 Å². The second-order valence-corrected chi connectivity index (χ2v) is 21.2. The van der Waals surface area contributed by atoms with Crippen LogP contribution in [0.15, 0.2) is 11.6 Å². The molecule has 0 aromatic carbocycles. The molecule has 9 N–H and O–H groups in total. The number of nitrogens with one attached hydrogen (secondary N) is 1. The first-order chi connectivity index (χ1) is 28.9. The van der Waals surface area contributed by atoms with Gasteiger partial charge in [-0.1, -0.05) is 39.3 Å². The Kier molecular flexibility index (Phi) is 12.4. The van der Waals surface area contributed by atoms with Crippen LogP contribution in [0.3, 0.4) is 0 Å². The first-order valence-electron chi connectivity index (χ1n) is 23.3. The monoisotopic (exact) mass is 867 g/mol. The maximum Gasteiger partial charge on any atom is 0.187 e. The van der Waals surface area contributed by atoms with Gasteiger partial charge in [-0.3, -0.25) is 5.32 Å². The summed E-state index contributed by atoms with van der Waals surface area (Å²) >= 11 is 0. The van der Waals surface area contributed by atoms with E-state index in [1.807, 2.05) is 0 Å². The molecule has 0 aromatic heterocycles. The summed E-state index contributed by atoms with van der Waals surface area (Å²) in [5, 5.41) is 89.8. The molecule has 61 heavy (non-hydrogen) atoms. The van der Waals surface area contributed by atoms with Crippen LogP contribution >= 0.6 is 0 Å². The molecule has 5 aliphatic heterocycles. The van der Waals surface area contributed by atoms with Gasteiger partial charge in [0.2, 0.25) is 0 Å². The zero-order valence-corrected chi connectivity index (χ0v) is 36.6. The van der Waals surface area contributed by atoms with Crippen LogP contribution in [0.1, 0.15) is 99.3 Å². The van der Waals surface area contributed by atoms with Crippen molar-refractivity contribution in [2.75, 3.05) is 13.2 Å². The molecule has 8 fully saturated rings. The summed E-state index contributed by atoms with van der Waals surface area (Å²) in [5.41, 5.74) is 1.41. The standard InChI is InChI=1S/C45H73NO15/c1-19-9-14-45(46-17-19)20(2)30-28(61-45)16-27-25-8-7-23-15-24(10-12-43(23,5)26(25)11-13-44(27,30)6)57-42-39(60-41-36(53)34(51)32(49)22(4)56-41)37(54)38(29(18-47)58-42)59-40-35(52)33(50)31(48)21(3)55-40/h7,19-22,24-42,46-54H,8-18H2,1-6H3/t19-,20+,21+,22-,24+,25-,26+,27+,28+,29-,30+,31+,32-,33-,34+,35-,36-,37+,38-,39-,40+,41-,42-,43+,44+,45-/m1/s1. The SMILES string of the molecule is C[C@@H]1CC[C@@]2(NC1)O[C@H]1C[C@H]3[C@@H]4CC=C5C[C@@H](O[C@@H]6O[C@H](CO)[C@@H](O[C@@H]7O[C@@H](C)[C@H](O)[C@@H](O)[C@H]7O)[C@H](O)[C@H]6O[C@H]6O[C@H](C)[C@@H](O)[C@H](O)[C@H]6O)CC[C@]5(C)[C@H]4CC[C@]3(C)[C@H]1[C@@H]2C. The molecule has 5 saturated heterocycles. The Morgan fingerprint density at radius 2 is 1.36 bits per heavy atom. The van der Waals surface area contributed by atoms with Crippen LogP contribution in [0.4, 0.5) is 0 Å². The van der Waals surface area contributed by atoms with Crippen LogP contribution in [-0.4, -0.2) is 164 Å². The Morgan fingerprint density at radius 1 is 0.705 bits per heavy atom. The van der Waals surface area contributed by atoms with Gasteiger partial charge in [-0.05, 0) is 112 Å². The number of rotatable bonds is 7. The van der Waals surface area contributed by atoms with Crippen molar-refractivity contribution >= 4 is 0 Å². The average molecular weight is 868 g/mol. The Labute approximate surface area is 359 Å². The van der Waals surface area contributed by atoms with Crippen molar-refractivity contribution in [3.05, 3.63) is 11.6 Å². The molecule has 9 aliphatic rings. The minimum absolute atomic E-state index is 0.00472. The van der Waals surface area contributed by atoms with Crippen LogP contribution in [0.5, 0.6) is 0 Å². The van der Waals surface area contributed by atoms with E-state index >= 15 is 0 Å². The maximum atomic E-state index is 12.0. The topological polar surface area (TPSA) is 238 Å². The predicted octanol–water partition coefficient (Wildman–Crippen LogP) is 0.815. The highest BCUT2D eigenvalue weighted by molar-refractivity contribution is 5.26. The minimum Gasteiger partial charge on any atom is -0.394 e. The van der Waals surface area contributed by atoms with Crippen LogP contribution < -0.4 is 5.32 Å². The van der Waals surface area contributed by atoms with E-state index < -0.39 is 98.7 Å². The van der Waals surface area contributed by atoms with Crippen LogP contribution in [0.2, 0.25) is 0 Å². The van der Waals surface area contributed by atoms with E-state index in [1.54, 1.807) is 0 Å². The Balaban J connectivity index is 0.916. The molecular weight excluding hydrogens is 794 g/mol. The third-order valence-electron chi connectivity index (χ3n) is 17.9. The second kappa shape index (κ2) is 16.8. The third-order valence-corrected chi connectivity index (χ3v) is 17.9. The molecule has 0 bridgehead atoms. The van der Waals surface area contributed by atoms with E-state index in [0.29, 0.717) is 54.5 Å². The highest BCUT2D eigenvalue weighted by Crippen LogP contribution is 2.70. The predicted molar refractivity (Wildman–Crippen MR) is 215 cm³/mol. The lowest BCUT2D eigenvalue weighted by atomic mass is 9.47. The highest BCUT2D eigenvalue weighted by atomic mass is 16.8. The van der Waals surface area contributed by atoms with Crippen LogP contribution in [0.25, 0.3) is 0 Å². The smallest absolute Gasteiger partial charge is 0.187 e. The van der Waals surface area contributed by atoms with E-state index in [0.717, 1.165) is 32.2 Å². The molecule has 16 heteroatoms. The molecule has 5 heterocycles. The summed E-state index contributed by atoms with van der Waals surface area (Å²) in [6, 6.07) is 0. The van der Waals surface area contributed by atoms with Gasteiger partial charge in [0.05, 0.1) is 31.0 Å². The molecule has 26 atom stereocenters. The van der Waals surface area contributed by atoms with Gasteiger partial charge < -0.3 is 74.0 Å². The number of piperidine rings is 1. The molecule has 0 amide bonds. The molecule has 9 rings (SSSR count). The van der Waals surface area contributed by atoms with Crippen LogP contribution in [0, 0.1) is 46.3 Å². The van der Waals surface area contributed by atoms with E-state index in [4.69, 9.17) is 33.2 Å². The summed E-state index contributed by atoms with van der Waals surface area (Å²) in [7, 11) is 0. The zero-order chi connectivity index (χ0) is 43.5. The van der Waals surface area contributed by atoms with E-state index in [-0.39, 0.29) is 22.7 Å². The van der Waals surface area contributed by atoms with Crippen molar-refractivity contribution in [2.45, 2.75) is 209 Å². The Bertz CT molecular complexity index is 1600. The molecule has 3 saturated carbocycles. The second-order valence-electron chi connectivity index (χ2n) is 21.2. The summed E-state index contributed by atoms with van der Waals surface area (Å²) < 4.78 is 43.7. The van der Waals surface area contributed by atoms with Gasteiger partial charge >= 0.3 is 0 Å². The lowest BCUT2D eigenvalue weighted by Crippen LogP contribution is -2.66. The molecule has 0 aromatic rings. The van der Waals surface area contributed by atoms with Gasteiger partial charge in [0, 0.05) is 12.5 Å². The van der Waals surface area contributed by atoms with Gasteiger partial charge in [0.25, 0.3) is 0 Å². The zero-order valence-electron chi connectivity index (χ0n) is 36.6. The number of aliphatic hydroxyl groups is 8. The number of allylic oxidation sites excluding steroid dienone is 1. The molecule has 4 aliphatic carbocycles. The van der Waals surface area contributed by atoms with Crippen molar-refractivity contribution in [1.82, 2.24) is 5.32 Å². The van der Waals surface area contributed by atoms with E-state index in [9.17, 15) is 40.9 Å². The Morgan fingerprint density at radius 3 is 1.98 bits per heavy atom. The molecule has 0 unspecified atom stereocenters. The quantitative estimate of drug-likeness (QED) is 0.161. The fourth-order valence-corrected chi connectivity index (χ4v) is 14.2. The number of ether oxygens (including phenoxy) is 7. The van der Waals surface area contributed by atoms with Gasteiger partial charge in [-0.15, -0.1) is 0 Å². The van der Waals surface area contributed by atoms with Crippen molar-refractivity contribution in [3.8, 4) is 0 Å². The summed E-state index contributed by atoms with van der Waals surface area (Å²) in [4.78, 5) is 0. The normalized spacial score (nSPS) is 58.4. The van der Waals surface area contributed by atoms with Gasteiger partial charge in [-0.25, -0.2) is 0 Å². The fraction of sp³-hybridized carbons (Fsp3) is 0.956. The molecule has 0 radical (unpaired) electrons. The lowest BCUT2D eigenvalue weighted by Gasteiger charge is -2.59. The van der Waals surface area contributed by atoms with Crippen molar-refractivity contribution in [1.29, 1.82) is 0 Å². The van der Waals surface area contributed by atoms with Crippen molar-refractivity contribution < 1.29 is 74.0 Å². The van der Waals surface area contributed by atoms with Crippen molar-refractivity contribution in [3.63, 3.8) is 0 Å². The first kappa shape index (κ1) is 45.3. The third kappa shape index (κ3) is 7.42. The first-order valence-corrected chi connectivity index (χ1v) is 23.3. The highest BCUT2D eigenvalue weighted by Gasteiger charge is 2.68. The lowest BCUT2D eigenvalue weighted by molar-refractivity contribution is -0.388. The average Bonchev–Trinajstić information content (AvgIpc) is 3.69. The Hall–Kier alpha value is -0.900. The summed E-state index contributed by atoms with van der Waals surface area (Å²) in [6.07, 6.45) is -9.93. The molecule has 348 valence electrons. The van der Waals surface area contributed by atoms with Gasteiger partial charge in [0.1, 0.15) is 66.8 Å². The molecular formula is C45H73NO15. The maximum absolute atomic E-state index is 12.0. The number of aliphatic hydroxyl groups excluding tert-OH is 8. The number of fused-ring (bicyclic) bond motifs is 7. The summed E-state index contributed by atoms with van der Waals surface area (Å²) in [5.74, 6) is 3.43. The fourth-order valence-electron chi connectivity index (χ4n) is 14.2. The largest absolute Gasteiger partial charge is 0.394 e. The molecule has 1 spiro atoms. The minimum atomic E-state index is -1.70. The van der Waals surface area contributed by atoms with E-state index in [2.05, 4.69) is 39.1 Å². The summed E-state index contributed by atoms with van der Waals surface area (Å²) in [6.45, 7) is 13.2. The molecule has 16 nitrogen and oxygen atoms in total. The van der Waals surface area contributed by atoms with E-state index in [1.165, 1.54) is 38.7 Å². The number of hydrogen-bond acceptors (Lipinski definition) is 16. The van der Waals surface area contributed by atoms with Crippen molar-refractivity contribution in [2.24, 2.45) is 46.3 Å². The van der Waals surface area contributed by atoms with Gasteiger partial charge in [-0.2, -0.15) is 0 Å².